The molecule has 0 fully saturated rings. The van der Waals surface area contributed by atoms with Crippen LogP contribution in [0.5, 0.6) is 0 Å². The van der Waals surface area contributed by atoms with Gasteiger partial charge in [0, 0.05) is 0 Å². The van der Waals surface area contributed by atoms with Crippen molar-refractivity contribution in [2.24, 2.45) is 0 Å². The van der Waals surface area contributed by atoms with Gasteiger partial charge in [-0.05, 0) is 18.4 Å². The van der Waals surface area contributed by atoms with E-state index in [1.54, 1.807) is 12.1 Å². The molecule has 0 unspecified atom stereocenters. The summed E-state index contributed by atoms with van der Waals surface area (Å²) in [5.41, 5.74) is 0.191. The standard InChI is InChI=1S/C10H9NO4S/c1-5(12)9-7(10(13)14)8(11-15-9)6-3-2-4-16-6/h2-5,12H,1H3,(H,13,14)/t5-/m0/s1. The maximum atomic E-state index is 11.1. The van der Waals surface area contributed by atoms with Crippen molar-refractivity contribution >= 4 is 17.3 Å². The van der Waals surface area contributed by atoms with Crippen molar-refractivity contribution in [2.45, 2.75) is 13.0 Å². The predicted octanol–water partition coefficient (Wildman–Crippen LogP) is 2.15. The third kappa shape index (κ3) is 1.72. The molecule has 0 aromatic carbocycles. The van der Waals surface area contributed by atoms with Gasteiger partial charge in [0.05, 0.1) is 4.88 Å². The summed E-state index contributed by atoms with van der Waals surface area (Å²) in [5, 5.41) is 24.0. The van der Waals surface area contributed by atoms with Crippen LogP contribution >= 0.6 is 11.3 Å². The van der Waals surface area contributed by atoms with Crippen LogP contribution in [0.4, 0.5) is 0 Å². The number of aromatic carboxylic acids is 1. The Morgan fingerprint density at radius 3 is 2.88 bits per heavy atom. The number of carbonyl (C=O) groups is 1. The second kappa shape index (κ2) is 4.07. The molecule has 1 atom stereocenters. The maximum Gasteiger partial charge on any atom is 0.341 e. The van der Waals surface area contributed by atoms with Gasteiger partial charge in [0.25, 0.3) is 0 Å². The number of carboxylic acid groups (broad SMARTS) is 1. The quantitative estimate of drug-likeness (QED) is 0.857. The molecule has 16 heavy (non-hydrogen) atoms. The van der Waals surface area contributed by atoms with Crippen LogP contribution in [0.1, 0.15) is 29.1 Å². The fourth-order valence-electron chi connectivity index (χ4n) is 1.38. The second-order valence-corrected chi connectivity index (χ2v) is 4.18. The van der Waals surface area contributed by atoms with Gasteiger partial charge in [0.1, 0.15) is 17.4 Å². The van der Waals surface area contributed by atoms with E-state index in [0.717, 1.165) is 0 Å². The molecular formula is C10H9NO4S. The summed E-state index contributed by atoms with van der Waals surface area (Å²) in [6, 6.07) is 3.54. The molecule has 84 valence electrons. The molecule has 0 saturated heterocycles. The molecule has 2 aromatic rings. The van der Waals surface area contributed by atoms with Crippen molar-refractivity contribution in [1.82, 2.24) is 5.16 Å². The molecular weight excluding hydrogens is 230 g/mol. The normalized spacial score (nSPS) is 12.6. The van der Waals surface area contributed by atoms with Gasteiger partial charge in [-0.2, -0.15) is 0 Å². The molecule has 0 aliphatic rings. The fourth-order valence-corrected chi connectivity index (χ4v) is 2.09. The summed E-state index contributed by atoms with van der Waals surface area (Å²) in [7, 11) is 0. The van der Waals surface area contributed by atoms with Gasteiger partial charge >= 0.3 is 5.97 Å². The Balaban J connectivity index is 2.59. The highest BCUT2D eigenvalue weighted by Crippen LogP contribution is 2.31. The Bertz CT molecular complexity index is 501. The Morgan fingerprint density at radius 2 is 2.38 bits per heavy atom. The van der Waals surface area contributed by atoms with Gasteiger partial charge in [-0.25, -0.2) is 4.79 Å². The highest BCUT2D eigenvalue weighted by molar-refractivity contribution is 7.13. The molecule has 2 heterocycles. The van der Waals surface area contributed by atoms with Crippen molar-refractivity contribution < 1.29 is 19.5 Å². The van der Waals surface area contributed by atoms with Crippen molar-refractivity contribution in [2.75, 3.05) is 0 Å². The zero-order valence-corrected chi connectivity index (χ0v) is 9.19. The van der Waals surface area contributed by atoms with E-state index in [1.165, 1.54) is 18.3 Å². The molecule has 2 aromatic heterocycles. The topological polar surface area (TPSA) is 83.6 Å². The number of carboxylic acids is 1. The minimum atomic E-state index is -1.15. The average Bonchev–Trinajstić information content (AvgIpc) is 2.85. The van der Waals surface area contributed by atoms with E-state index in [9.17, 15) is 9.90 Å². The van der Waals surface area contributed by atoms with Crippen molar-refractivity contribution in [1.29, 1.82) is 0 Å². The fraction of sp³-hybridized carbons (Fsp3) is 0.200. The van der Waals surface area contributed by atoms with Gasteiger partial charge in [-0.15, -0.1) is 11.3 Å². The predicted molar refractivity (Wildman–Crippen MR) is 57.4 cm³/mol. The third-order valence-electron chi connectivity index (χ3n) is 2.07. The summed E-state index contributed by atoms with van der Waals surface area (Å²) in [5.74, 6) is -1.17. The van der Waals surface area contributed by atoms with E-state index in [2.05, 4.69) is 5.16 Å². The highest BCUT2D eigenvalue weighted by atomic mass is 32.1. The smallest absolute Gasteiger partial charge is 0.341 e. The summed E-state index contributed by atoms with van der Waals surface area (Å²) in [6.07, 6.45) is -0.993. The molecule has 0 aliphatic heterocycles. The van der Waals surface area contributed by atoms with Crippen molar-refractivity contribution in [3.63, 3.8) is 0 Å². The van der Waals surface area contributed by atoms with Gasteiger partial charge < -0.3 is 14.7 Å². The van der Waals surface area contributed by atoms with Gasteiger partial charge in [-0.1, -0.05) is 11.2 Å². The van der Waals surface area contributed by atoms with E-state index in [4.69, 9.17) is 9.63 Å². The monoisotopic (exact) mass is 239 g/mol. The number of aliphatic hydroxyl groups is 1. The zero-order chi connectivity index (χ0) is 11.7. The number of aromatic nitrogens is 1. The molecule has 0 amide bonds. The average molecular weight is 239 g/mol. The summed E-state index contributed by atoms with van der Waals surface area (Å²) in [4.78, 5) is 11.8. The van der Waals surface area contributed by atoms with Crippen LogP contribution < -0.4 is 0 Å². The van der Waals surface area contributed by atoms with Crippen LogP contribution in [0, 0.1) is 0 Å². The third-order valence-corrected chi connectivity index (χ3v) is 2.94. The Morgan fingerprint density at radius 1 is 1.62 bits per heavy atom. The first-order chi connectivity index (χ1) is 7.61. The Hall–Kier alpha value is -1.66. The van der Waals surface area contributed by atoms with E-state index in [0.29, 0.717) is 4.88 Å². The van der Waals surface area contributed by atoms with Gasteiger partial charge in [-0.3, -0.25) is 0 Å². The lowest BCUT2D eigenvalue weighted by atomic mass is 10.1. The minimum Gasteiger partial charge on any atom is -0.477 e. The van der Waals surface area contributed by atoms with Crippen LogP contribution in [-0.2, 0) is 0 Å². The lowest BCUT2D eigenvalue weighted by Gasteiger charge is -1.99. The molecule has 6 heteroatoms. The van der Waals surface area contributed by atoms with Crippen LogP contribution in [0.2, 0.25) is 0 Å². The largest absolute Gasteiger partial charge is 0.477 e. The van der Waals surface area contributed by atoms with Crippen molar-refractivity contribution in [3.05, 3.63) is 28.8 Å². The van der Waals surface area contributed by atoms with E-state index >= 15 is 0 Å². The number of thiophene rings is 1. The molecule has 0 aliphatic carbocycles. The lowest BCUT2D eigenvalue weighted by Crippen LogP contribution is -2.03. The zero-order valence-electron chi connectivity index (χ0n) is 8.38. The van der Waals surface area contributed by atoms with Crippen LogP contribution in [0.25, 0.3) is 10.6 Å². The van der Waals surface area contributed by atoms with E-state index < -0.39 is 12.1 Å². The number of hydrogen-bond donors (Lipinski definition) is 2. The van der Waals surface area contributed by atoms with Crippen LogP contribution in [0.3, 0.4) is 0 Å². The Kier molecular flexibility index (Phi) is 2.76. The van der Waals surface area contributed by atoms with Crippen molar-refractivity contribution in [3.8, 4) is 10.6 Å². The summed E-state index contributed by atoms with van der Waals surface area (Å²) in [6.45, 7) is 1.44. The van der Waals surface area contributed by atoms with Crippen LogP contribution in [-0.4, -0.2) is 21.3 Å². The number of rotatable bonds is 3. The minimum absolute atomic E-state index is 0.0177. The molecule has 0 spiro atoms. The Labute approximate surface area is 94.9 Å². The second-order valence-electron chi connectivity index (χ2n) is 3.23. The molecule has 0 saturated carbocycles. The molecule has 2 N–H and O–H groups in total. The van der Waals surface area contributed by atoms with E-state index in [-0.39, 0.29) is 17.0 Å². The molecule has 0 bridgehead atoms. The first-order valence-corrected chi connectivity index (χ1v) is 5.44. The first kappa shape index (κ1) is 10.8. The van der Waals surface area contributed by atoms with Gasteiger partial charge in [0.15, 0.2) is 5.76 Å². The van der Waals surface area contributed by atoms with E-state index in [1.807, 2.05) is 5.38 Å². The molecule has 0 radical (unpaired) electrons. The number of aliphatic hydroxyl groups excluding tert-OH is 1. The molecule has 2 rings (SSSR count). The SMILES string of the molecule is C[C@H](O)c1onc(-c2cccs2)c1C(=O)O. The first-order valence-electron chi connectivity index (χ1n) is 4.56. The number of nitrogens with zero attached hydrogens (tertiary/aromatic N) is 1. The molecule has 5 nitrogen and oxygen atoms in total. The highest BCUT2D eigenvalue weighted by Gasteiger charge is 2.26. The summed E-state index contributed by atoms with van der Waals surface area (Å²) >= 11 is 1.37. The van der Waals surface area contributed by atoms with Crippen LogP contribution in [0.15, 0.2) is 22.0 Å². The van der Waals surface area contributed by atoms with Gasteiger partial charge in [0.2, 0.25) is 0 Å². The maximum absolute atomic E-state index is 11.1. The number of hydrogen-bond acceptors (Lipinski definition) is 5. The summed E-state index contributed by atoms with van der Waals surface area (Å²) < 4.78 is 4.87. The lowest BCUT2D eigenvalue weighted by molar-refractivity contribution is 0.0685.